The maximum Gasteiger partial charge on any atom is 0.405 e. The number of Topliss-reactive ketones (excluding diaryl/α,β-unsaturated/α-hetero) is 1. The van der Waals surface area contributed by atoms with E-state index in [1.165, 1.54) is 20.3 Å². The van der Waals surface area contributed by atoms with E-state index in [-0.39, 0.29) is 41.4 Å². The first kappa shape index (κ1) is 34.4. The van der Waals surface area contributed by atoms with Crippen molar-refractivity contribution in [3.63, 3.8) is 0 Å². The molecule has 1 heterocycles. The smallest absolute Gasteiger partial charge is 0.405 e. The molecule has 230 valence electrons. The lowest BCUT2D eigenvalue weighted by Gasteiger charge is -2.30. The lowest BCUT2D eigenvalue weighted by molar-refractivity contribution is -0.120. The summed E-state index contributed by atoms with van der Waals surface area (Å²) in [7, 11) is 2.92. The van der Waals surface area contributed by atoms with E-state index in [0.717, 1.165) is 6.08 Å². The van der Waals surface area contributed by atoms with Crippen LogP contribution >= 0.6 is 0 Å². The molecule has 1 aliphatic heterocycles. The number of ketones is 2. The molecule has 2 bridgehead atoms. The second-order valence-electron chi connectivity index (χ2n) is 10.6. The van der Waals surface area contributed by atoms with Gasteiger partial charge in [0.2, 0.25) is 11.6 Å². The number of ether oxygens (including phenoxy) is 3. The van der Waals surface area contributed by atoms with Crippen LogP contribution in [0, 0.1) is 11.8 Å². The van der Waals surface area contributed by atoms with Crippen LogP contribution in [0.1, 0.15) is 40.5 Å². The first-order valence-corrected chi connectivity index (χ1v) is 13.8. The Labute approximate surface area is 247 Å². The molecule has 0 aromatic carbocycles. The number of amides is 2. The van der Waals surface area contributed by atoms with Crippen molar-refractivity contribution in [2.24, 2.45) is 17.6 Å². The molecule has 0 saturated carbocycles. The van der Waals surface area contributed by atoms with Crippen LogP contribution in [0.5, 0.6) is 0 Å². The minimum Gasteiger partial charge on any atom is -0.439 e. The number of hydrogen-bond donors (Lipinski definition) is 4. The standard InChI is InChI=1S/C31H43N3O8/c1-8-12-33-26-21-13-17(2)14-25(41-7)27(36)19(4)15-20(5)29(42-31(32)39)24(40-6)11-9-10-18(3)30(38)34-22(28(21)37)16-23(26)35/h8-11,15-17,19,24-25,27,29,33,36H,1,12-14H2,2-7H3,(H2,32,39)(H,34,38)/b11-9+,18-10-,20-15+/t17-,19-,24+,25-,27+,29+/m1/s1. The fourth-order valence-corrected chi connectivity index (χ4v) is 4.95. The van der Waals surface area contributed by atoms with Crippen molar-refractivity contribution in [2.45, 2.75) is 65.0 Å². The van der Waals surface area contributed by atoms with E-state index >= 15 is 0 Å². The molecule has 0 unspecified atom stereocenters. The summed E-state index contributed by atoms with van der Waals surface area (Å²) in [6.07, 6.45) is 5.34. The van der Waals surface area contributed by atoms with Crippen LogP contribution < -0.4 is 16.4 Å². The highest BCUT2D eigenvalue weighted by Crippen LogP contribution is 2.28. The van der Waals surface area contributed by atoms with E-state index in [1.54, 1.807) is 45.1 Å². The summed E-state index contributed by atoms with van der Waals surface area (Å²) in [5.74, 6) is -2.14. The minimum atomic E-state index is -1.00. The summed E-state index contributed by atoms with van der Waals surface area (Å²) in [5.41, 5.74) is 6.42. The molecule has 0 saturated heterocycles. The number of hydrogen-bond acceptors (Lipinski definition) is 9. The molecule has 0 spiro atoms. The van der Waals surface area contributed by atoms with Gasteiger partial charge in [-0.05, 0) is 38.2 Å². The first-order chi connectivity index (χ1) is 19.8. The number of nitrogens with one attached hydrogen (secondary N) is 2. The Balaban J connectivity index is 2.62. The molecule has 0 radical (unpaired) electrons. The number of fused-ring (bicyclic) bond motifs is 2. The van der Waals surface area contributed by atoms with Gasteiger partial charge in [-0.25, -0.2) is 4.79 Å². The normalized spacial score (nSPS) is 31.6. The zero-order valence-electron chi connectivity index (χ0n) is 25.1. The molecule has 2 amide bonds. The third-order valence-electron chi connectivity index (χ3n) is 7.22. The number of carbonyl (C=O) groups excluding carboxylic acids is 4. The molecule has 11 heteroatoms. The number of aliphatic hydroxyl groups is 1. The van der Waals surface area contributed by atoms with E-state index in [0.29, 0.717) is 12.0 Å². The number of rotatable bonds is 6. The Hall–Kier alpha value is -3.80. The van der Waals surface area contributed by atoms with Crippen LogP contribution in [-0.2, 0) is 28.6 Å². The van der Waals surface area contributed by atoms with Crippen molar-refractivity contribution in [1.29, 1.82) is 0 Å². The van der Waals surface area contributed by atoms with Crippen LogP contribution in [0.25, 0.3) is 0 Å². The zero-order valence-corrected chi connectivity index (χ0v) is 25.1. The highest BCUT2D eigenvalue weighted by atomic mass is 16.6. The molecule has 6 atom stereocenters. The van der Waals surface area contributed by atoms with Gasteiger partial charge in [-0.2, -0.15) is 0 Å². The van der Waals surface area contributed by atoms with E-state index in [4.69, 9.17) is 19.9 Å². The summed E-state index contributed by atoms with van der Waals surface area (Å²) in [4.78, 5) is 51.3. The number of carbonyl (C=O) groups is 4. The van der Waals surface area contributed by atoms with Crippen LogP contribution in [0.3, 0.4) is 0 Å². The Bertz CT molecular complexity index is 1210. The van der Waals surface area contributed by atoms with Crippen molar-refractivity contribution in [3.05, 3.63) is 71.1 Å². The molecule has 42 heavy (non-hydrogen) atoms. The van der Waals surface area contributed by atoms with Gasteiger partial charge in [0.25, 0.3) is 5.91 Å². The summed E-state index contributed by atoms with van der Waals surface area (Å²) in [5, 5.41) is 16.7. The molecule has 11 nitrogen and oxygen atoms in total. The average Bonchev–Trinajstić information content (AvgIpc) is 2.94. The molecule has 2 aliphatic rings. The lowest BCUT2D eigenvalue weighted by atomic mass is 9.85. The fraction of sp³-hybridized carbons (Fsp3) is 0.484. The van der Waals surface area contributed by atoms with Crippen LogP contribution in [0.15, 0.2) is 71.1 Å². The molecule has 5 N–H and O–H groups in total. The van der Waals surface area contributed by atoms with E-state index < -0.39 is 53.9 Å². The van der Waals surface area contributed by atoms with Gasteiger partial charge in [-0.3, -0.25) is 14.4 Å². The van der Waals surface area contributed by atoms with E-state index in [1.807, 2.05) is 6.92 Å². The van der Waals surface area contributed by atoms with Crippen LogP contribution in [0.4, 0.5) is 4.79 Å². The van der Waals surface area contributed by atoms with Gasteiger partial charge in [0.15, 0.2) is 6.10 Å². The SMILES string of the molecule is C=CCNC1=C2C[C@@H](C)C[C@@H](OC)[C@@H](O)[C@H](C)/C=C(\C)[C@H](OC(N)=O)[C@@H](OC)/C=C/C=C(/C)C(=O)NC(=CC1=O)C2=O. The highest BCUT2D eigenvalue weighted by molar-refractivity contribution is 6.23. The molecule has 0 aromatic rings. The van der Waals surface area contributed by atoms with Gasteiger partial charge < -0.3 is 35.7 Å². The number of methoxy groups -OCH3 is 2. The van der Waals surface area contributed by atoms with Gasteiger partial charge in [0.1, 0.15) is 6.10 Å². The van der Waals surface area contributed by atoms with E-state index in [9.17, 15) is 24.3 Å². The Kier molecular flexibility index (Phi) is 13.1. The van der Waals surface area contributed by atoms with Crippen molar-refractivity contribution < 1.29 is 38.5 Å². The Morgan fingerprint density at radius 2 is 1.90 bits per heavy atom. The zero-order chi connectivity index (χ0) is 31.6. The van der Waals surface area contributed by atoms with E-state index in [2.05, 4.69) is 17.2 Å². The number of primary amides is 1. The molecule has 2 rings (SSSR count). The third-order valence-corrected chi connectivity index (χ3v) is 7.22. The van der Waals surface area contributed by atoms with Gasteiger partial charge >= 0.3 is 6.09 Å². The van der Waals surface area contributed by atoms with Gasteiger partial charge in [0.05, 0.1) is 23.6 Å². The predicted molar refractivity (Wildman–Crippen MR) is 158 cm³/mol. The number of nitrogens with two attached hydrogens (primary N) is 1. The van der Waals surface area contributed by atoms with Crippen LogP contribution in [0.2, 0.25) is 0 Å². The van der Waals surface area contributed by atoms with Gasteiger partial charge in [-0.15, -0.1) is 6.58 Å². The molecule has 0 fully saturated rings. The second-order valence-corrected chi connectivity index (χ2v) is 10.6. The molecule has 1 aliphatic carbocycles. The van der Waals surface area contributed by atoms with Crippen molar-refractivity contribution >= 4 is 23.6 Å². The lowest BCUT2D eigenvalue weighted by Crippen LogP contribution is -2.37. The summed E-state index contributed by atoms with van der Waals surface area (Å²) in [6.45, 7) is 10.9. The summed E-state index contributed by atoms with van der Waals surface area (Å²) >= 11 is 0. The number of aliphatic hydroxyl groups excluding tert-OH is 1. The Morgan fingerprint density at radius 3 is 2.50 bits per heavy atom. The molecular formula is C31H43N3O8. The van der Waals surface area contributed by atoms with Crippen LogP contribution in [-0.4, -0.2) is 73.9 Å². The monoisotopic (exact) mass is 585 g/mol. The largest absolute Gasteiger partial charge is 0.439 e. The van der Waals surface area contributed by atoms with Crippen molar-refractivity contribution in [2.75, 3.05) is 20.8 Å². The quantitative estimate of drug-likeness (QED) is 0.271. The Morgan fingerprint density at radius 1 is 1.21 bits per heavy atom. The predicted octanol–water partition coefficient (Wildman–Crippen LogP) is 2.54. The topological polar surface area (TPSA) is 166 Å². The maximum absolute atomic E-state index is 13.5. The molecule has 0 aromatic heterocycles. The minimum absolute atomic E-state index is 0.132. The van der Waals surface area contributed by atoms with Crippen molar-refractivity contribution in [3.8, 4) is 0 Å². The number of allylic oxidation sites excluding steroid dienone is 4. The summed E-state index contributed by atoms with van der Waals surface area (Å²) in [6, 6.07) is 0. The molecular weight excluding hydrogens is 542 g/mol. The highest BCUT2D eigenvalue weighted by Gasteiger charge is 2.33. The second kappa shape index (κ2) is 16.0. The summed E-state index contributed by atoms with van der Waals surface area (Å²) < 4.78 is 16.6. The average molecular weight is 586 g/mol. The maximum atomic E-state index is 13.5. The third kappa shape index (κ3) is 9.10. The fourth-order valence-electron chi connectivity index (χ4n) is 4.95. The van der Waals surface area contributed by atoms with Crippen molar-refractivity contribution in [1.82, 2.24) is 10.6 Å². The van der Waals surface area contributed by atoms with Gasteiger partial charge in [-0.1, -0.05) is 44.2 Å². The van der Waals surface area contributed by atoms with Gasteiger partial charge in [0, 0.05) is 43.9 Å². The first-order valence-electron chi connectivity index (χ1n) is 13.8.